The summed E-state index contributed by atoms with van der Waals surface area (Å²) < 4.78 is 16.3. The van der Waals surface area contributed by atoms with Crippen molar-refractivity contribution in [3.8, 4) is 5.75 Å². The molecule has 7 heteroatoms. The Labute approximate surface area is 188 Å². The molecule has 29 heavy (non-hydrogen) atoms. The highest BCUT2D eigenvalue weighted by Gasteiger charge is 2.11. The predicted molar refractivity (Wildman–Crippen MR) is 125 cm³/mol. The minimum atomic E-state index is -0.000528. The number of furan rings is 2. The molecule has 2 heterocycles. The first-order valence-corrected chi connectivity index (χ1v) is 9.40. The number of aryl methyl sites for hydroxylation is 1. The number of aliphatic imine (C=N–C) groups is 1. The third kappa shape index (κ3) is 7.16. The molecule has 0 aliphatic rings. The second-order valence-electron chi connectivity index (χ2n) is 6.58. The Kier molecular flexibility index (Phi) is 9.11. The molecule has 0 saturated heterocycles. The lowest BCUT2D eigenvalue weighted by Crippen LogP contribution is -2.39. The van der Waals surface area contributed by atoms with Crippen molar-refractivity contribution in [2.24, 2.45) is 4.99 Å². The summed E-state index contributed by atoms with van der Waals surface area (Å²) in [4.78, 5) is 4.72. The van der Waals surface area contributed by atoms with E-state index in [1.807, 2.05) is 55.5 Å². The molecule has 3 rings (SSSR count). The first kappa shape index (κ1) is 22.9. The molecule has 0 spiro atoms. The van der Waals surface area contributed by atoms with Gasteiger partial charge in [-0.1, -0.05) is 12.1 Å². The second-order valence-corrected chi connectivity index (χ2v) is 6.58. The normalized spacial score (nSPS) is 12.2. The highest BCUT2D eigenvalue weighted by Crippen LogP contribution is 2.16. The molecule has 0 bridgehead atoms. The summed E-state index contributed by atoms with van der Waals surface area (Å²) in [6.07, 6.45) is 2.47. The highest BCUT2D eigenvalue weighted by atomic mass is 127. The van der Waals surface area contributed by atoms with Crippen molar-refractivity contribution in [2.45, 2.75) is 32.9 Å². The Morgan fingerprint density at radius 2 is 1.93 bits per heavy atom. The average Bonchev–Trinajstić information content (AvgIpc) is 3.38. The van der Waals surface area contributed by atoms with Crippen molar-refractivity contribution >= 4 is 29.9 Å². The Morgan fingerprint density at radius 3 is 2.55 bits per heavy atom. The smallest absolute Gasteiger partial charge is 0.192 e. The van der Waals surface area contributed by atoms with E-state index in [0.29, 0.717) is 13.1 Å². The number of nitrogens with one attached hydrogen (secondary N) is 2. The zero-order chi connectivity index (χ0) is 19.8. The molecule has 0 aliphatic heterocycles. The number of methoxy groups -OCH3 is 1. The van der Waals surface area contributed by atoms with E-state index in [4.69, 9.17) is 18.6 Å². The quantitative estimate of drug-likeness (QED) is 0.258. The van der Waals surface area contributed by atoms with Crippen LogP contribution in [0.3, 0.4) is 0 Å². The van der Waals surface area contributed by atoms with Gasteiger partial charge in [0.1, 0.15) is 23.0 Å². The van der Waals surface area contributed by atoms with E-state index in [9.17, 15) is 0 Å². The monoisotopic (exact) mass is 509 g/mol. The number of ether oxygens (including phenoxy) is 1. The molecule has 0 saturated carbocycles. The first-order chi connectivity index (χ1) is 13.6. The van der Waals surface area contributed by atoms with Gasteiger partial charge in [-0.05, 0) is 55.8 Å². The van der Waals surface area contributed by atoms with Gasteiger partial charge in [0.2, 0.25) is 0 Å². The maximum atomic E-state index is 5.72. The number of benzene rings is 1. The SMILES string of the molecule is COc1ccc(CN=C(NCCc2ccco2)NC(C)c2ccc(C)o2)cc1.I. The van der Waals surface area contributed by atoms with E-state index in [2.05, 4.69) is 17.6 Å². The van der Waals surface area contributed by atoms with E-state index in [-0.39, 0.29) is 30.0 Å². The molecule has 0 radical (unpaired) electrons. The number of nitrogens with zero attached hydrogens (tertiary/aromatic N) is 1. The van der Waals surface area contributed by atoms with Gasteiger partial charge in [-0.25, -0.2) is 4.99 Å². The minimum Gasteiger partial charge on any atom is -0.497 e. The van der Waals surface area contributed by atoms with Gasteiger partial charge in [-0.2, -0.15) is 0 Å². The predicted octanol–water partition coefficient (Wildman–Crippen LogP) is 4.85. The summed E-state index contributed by atoms with van der Waals surface area (Å²) in [7, 11) is 1.66. The van der Waals surface area contributed by atoms with Crippen LogP contribution in [0, 0.1) is 6.92 Å². The van der Waals surface area contributed by atoms with E-state index >= 15 is 0 Å². The number of hydrogen-bond acceptors (Lipinski definition) is 4. The van der Waals surface area contributed by atoms with Crippen LogP contribution in [0.2, 0.25) is 0 Å². The van der Waals surface area contributed by atoms with Gasteiger partial charge in [-0.15, -0.1) is 24.0 Å². The molecule has 1 atom stereocenters. The Morgan fingerprint density at radius 1 is 1.14 bits per heavy atom. The summed E-state index contributed by atoms with van der Waals surface area (Å²) in [6, 6.07) is 15.7. The van der Waals surface area contributed by atoms with Crippen molar-refractivity contribution in [3.63, 3.8) is 0 Å². The van der Waals surface area contributed by atoms with Crippen LogP contribution >= 0.6 is 24.0 Å². The number of guanidine groups is 1. The Hall–Kier alpha value is -2.42. The fourth-order valence-corrected chi connectivity index (χ4v) is 2.78. The van der Waals surface area contributed by atoms with Crippen LogP contribution < -0.4 is 15.4 Å². The molecule has 1 unspecified atom stereocenters. The molecular formula is C22H28IN3O3. The van der Waals surface area contributed by atoms with Crippen LogP contribution in [-0.4, -0.2) is 19.6 Å². The molecule has 156 valence electrons. The standard InChI is InChI=1S/C22H27N3O3.HI/c1-16-6-11-21(28-16)17(2)25-22(23-13-12-20-5-4-14-27-20)24-15-18-7-9-19(26-3)10-8-18;/h4-11,14,17H,12-13,15H2,1-3H3,(H2,23,24,25);1H. The third-order valence-electron chi connectivity index (χ3n) is 4.36. The van der Waals surface area contributed by atoms with Crippen LogP contribution in [0.1, 0.15) is 35.8 Å². The van der Waals surface area contributed by atoms with Gasteiger partial charge < -0.3 is 24.2 Å². The molecule has 6 nitrogen and oxygen atoms in total. The maximum absolute atomic E-state index is 5.72. The van der Waals surface area contributed by atoms with E-state index in [1.54, 1.807) is 13.4 Å². The lowest BCUT2D eigenvalue weighted by Gasteiger charge is -2.17. The Balaban J connectivity index is 0.00000300. The van der Waals surface area contributed by atoms with Gasteiger partial charge >= 0.3 is 0 Å². The molecule has 3 aromatic rings. The zero-order valence-corrected chi connectivity index (χ0v) is 19.3. The third-order valence-corrected chi connectivity index (χ3v) is 4.36. The van der Waals surface area contributed by atoms with E-state index < -0.39 is 0 Å². The fraction of sp³-hybridized carbons (Fsp3) is 0.318. The van der Waals surface area contributed by atoms with Gasteiger partial charge in [0.25, 0.3) is 0 Å². The van der Waals surface area contributed by atoms with Gasteiger partial charge in [-0.3, -0.25) is 0 Å². The van der Waals surface area contributed by atoms with E-state index in [0.717, 1.165) is 41.0 Å². The van der Waals surface area contributed by atoms with Crippen LogP contribution in [-0.2, 0) is 13.0 Å². The fourth-order valence-electron chi connectivity index (χ4n) is 2.78. The van der Waals surface area contributed by atoms with Crippen LogP contribution in [0.5, 0.6) is 5.75 Å². The Bertz CT molecular complexity index is 873. The molecule has 0 amide bonds. The van der Waals surface area contributed by atoms with Crippen molar-refractivity contribution in [1.82, 2.24) is 10.6 Å². The first-order valence-electron chi connectivity index (χ1n) is 9.40. The largest absolute Gasteiger partial charge is 0.497 e. The molecular weight excluding hydrogens is 481 g/mol. The number of halogens is 1. The van der Waals surface area contributed by atoms with Gasteiger partial charge in [0, 0.05) is 13.0 Å². The summed E-state index contributed by atoms with van der Waals surface area (Å²) in [5.74, 6) is 4.28. The molecule has 0 aliphatic carbocycles. The molecule has 1 aromatic carbocycles. The molecule has 0 fully saturated rings. The van der Waals surface area contributed by atoms with Crippen molar-refractivity contribution in [2.75, 3.05) is 13.7 Å². The molecule has 2 N–H and O–H groups in total. The number of hydrogen-bond donors (Lipinski definition) is 2. The van der Waals surface area contributed by atoms with E-state index in [1.165, 1.54) is 0 Å². The van der Waals surface area contributed by atoms with Crippen LogP contribution in [0.15, 0.2) is 68.6 Å². The summed E-state index contributed by atoms with van der Waals surface area (Å²) in [5, 5.41) is 6.78. The summed E-state index contributed by atoms with van der Waals surface area (Å²) >= 11 is 0. The van der Waals surface area contributed by atoms with Crippen LogP contribution in [0.25, 0.3) is 0 Å². The van der Waals surface area contributed by atoms with Crippen LogP contribution in [0.4, 0.5) is 0 Å². The topological polar surface area (TPSA) is 71.9 Å². The van der Waals surface area contributed by atoms with Crippen molar-refractivity contribution in [1.29, 1.82) is 0 Å². The summed E-state index contributed by atoms with van der Waals surface area (Å²) in [6.45, 7) is 5.27. The number of rotatable bonds is 8. The maximum Gasteiger partial charge on any atom is 0.192 e. The lowest BCUT2D eigenvalue weighted by molar-refractivity contribution is 0.414. The highest BCUT2D eigenvalue weighted by molar-refractivity contribution is 14.0. The minimum absolute atomic E-state index is 0. The second kappa shape index (κ2) is 11.5. The van der Waals surface area contributed by atoms with Crippen molar-refractivity contribution < 1.29 is 13.6 Å². The lowest BCUT2D eigenvalue weighted by atomic mass is 10.2. The molecule has 2 aromatic heterocycles. The van der Waals surface area contributed by atoms with Gasteiger partial charge in [0.05, 0.1) is 26.0 Å². The van der Waals surface area contributed by atoms with Crippen molar-refractivity contribution in [3.05, 3.63) is 77.6 Å². The summed E-state index contributed by atoms with van der Waals surface area (Å²) in [5.41, 5.74) is 1.11. The zero-order valence-electron chi connectivity index (χ0n) is 17.0. The van der Waals surface area contributed by atoms with Gasteiger partial charge in [0.15, 0.2) is 5.96 Å². The average molecular weight is 509 g/mol.